The van der Waals surface area contributed by atoms with Gasteiger partial charge in [0, 0.05) is 31.7 Å². The number of hydrogen-bond acceptors (Lipinski definition) is 3. The topological polar surface area (TPSA) is 32.7 Å². The van der Waals surface area contributed by atoms with Crippen LogP contribution in [0.4, 0.5) is 0 Å². The molecule has 2 atom stereocenters. The maximum atomic E-state index is 10.9. The van der Waals surface area contributed by atoms with Crippen LogP contribution in [0.3, 0.4) is 0 Å². The molecule has 1 aromatic carbocycles. The third kappa shape index (κ3) is 3.69. The van der Waals surface area contributed by atoms with E-state index in [9.17, 15) is 5.11 Å². The highest BCUT2D eigenvalue weighted by molar-refractivity contribution is 5.54. The Kier molecular flexibility index (Phi) is 4.99. The molecule has 0 bridgehead atoms. The molecule has 0 amide bonds. The van der Waals surface area contributed by atoms with Crippen molar-refractivity contribution in [3.05, 3.63) is 41.0 Å². The average Bonchev–Trinajstić information content (AvgIpc) is 3.11. The number of benzene rings is 1. The largest absolute Gasteiger partial charge is 0.385 e. The normalized spacial score (nSPS) is 27.8. The second-order valence-corrected chi connectivity index (χ2v) is 8.25. The van der Waals surface area contributed by atoms with Gasteiger partial charge in [0.2, 0.25) is 0 Å². The first kappa shape index (κ1) is 17.3. The summed E-state index contributed by atoms with van der Waals surface area (Å²) in [7, 11) is 0. The van der Waals surface area contributed by atoms with Gasteiger partial charge in [0.15, 0.2) is 0 Å². The van der Waals surface area contributed by atoms with Crippen molar-refractivity contribution in [1.82, 2.24) is 4.90 Å². The highest BCUT2D eigenvalue weighted by Gasteiger charge is 2.36. The summed E-state index contributed by atoms with van der Waals surface area (Å²) in [5, 5.41) is 10.9. The van der Waals surface area contributed by atoms with Gasteiger partial charge >= 0.3 is 0 Å². The molecule has 1 saturated carbocycles. The van der Waals surface area contributed by atoms with E-state index in [4.69, 9.17) is 4.74 Å². The number of aliphatic hydroxyl groups is 1. The van der Waals surface area contributed by atoms with E-state index in [1.165, 1.54) is 50.8 Å². The van der Waals surface area contributed by atoms with Gasteiger partial charge in [0.05, 0.1) is 12.2 Å². The fourth-order valence-corrected chi connectivity index (χ4v) is 4.44. The number of ether oxygens (including phenoxy) is 1. The molecule has 0 aromatic heterocycles. The summed E-state index contributed by atoms with van der Waals surface area (Å²) >= 11 is 0. The molecule has 136 valence electrons. The van der Waals surface area contributed by atoms with Crippen molar-refractivity contribution < 1.29 is 9.84 Å². The molecule has 3 heteroatoms. The Labute approximate surface area is 151 Å². The molecule has 25 heavy (non-hydrogen) atoms. The van der Waals surface area contributed by atoms with E-state index < -0.39 is 5.60 Å². The third-order valence-electron chi connectivity index (χ3n) is 6.62. The molecule has 2 saturated heterocycles. The molecule has 0 spiro atoms. The van der Waals surface area contributed by atoms with Crippen molar-refractivity contribution in [2.45, 2.75) is 57.1 Å². The molecular weight excluding hydrogens is 310 g/mol. The van der Waals surface area contributed by atoms with Gasteiger partial charge < -0.3 is 9.84 Å². The second kappa shape index (κ2) is 7.22. The number of rotatable bonds is 4. The average molecular weight is 341 g/mol. The van der Waals surface area contributed by atoms with E-state index in [1.54, 1.807) is 5.57 Å². The minimum absolute atomic E-state index is 0.201. The summed E-state index contributed by atoms with van der Waals surface area (Å²) in [6, 6.07) is 9.38. The van der Waals surface area contributed by atoms with Crippen molar-refractivity contribution in [2.24, 2.45) is 5.92 Å². The van der Waals surface area contributed by atoms with Crippen LogP contribution in [-0.2, 0) is 10.3 Å². The molecule has 3 fully saturated rings. The van der Waals surface area contributed by atoms with E-state index in [-0.39, 0.29) is 5.92 Å². The lowest BCUT2D eigenvalue weighted by molar-refractivity contribution is -0.00971. The zero-order valence-corrected chi connectivity index (χ0v) is 15.4. The van der Waals surface area contributed by atoms with E-state index in [0.29, 0.717) is 6.61 Å². The lowest BCUT2D eigenvalue weighted by Crippen LogP contribution is -2.43. The van der Waals surface area contributed by atoms with Gasteiger partial charge in [0.1, 0.15) is 0 Å². The molecule has 2 heterocycles. The fraction of sp³-hybridized carbons (Fsp3) is 0.636. The monoisotopic (exact) mass is 341 g/mol. The quantitative estimate of drug-likeness (QED) is 0.900. The predicted octanol–water partition coefficient (Wildman–Crippen LogP) is 3.96. The summed E-state index contributed by atoms with van der Waals surface area (Å²) in [6.07, 6.45) is 9.95. The summed E-state index contributed by atoms with van der Waals surface area (Å²) in [6.45, 7) is 5.81. The molecule has 1 N–H and O–H groups in total. The lowest BCUT2D eigenvalue weighted by atomic mass is 9.82. The standard InChI is InChI=1S/C22H31NO2/c1-22(24,20-11-14-25-16-20)19-7-5-17(6-8-19)15-18-9-12-23(13-10-18)21-3-2-4-21/h5-8,15,20-21,24H,2-4,9-14,16H2,1H3. The second-order valence-electron chi connectivity index (χ2n) is 8.25. The molecule has 2 aliphatic heterocycles. The third-order valence-corrected chi connectivity index (χ3v) is 6.62. The predicted molar refractivity (Wildman–Crippen MR) is 101 cm³/mol. The van der Waals surface area contributed by atoms with Crippen LogP contribution >= 0.6 is 0 Å². The molecule has 1 aromatic rings. The maximum absolute atomic E-state index is 10.9. The van der Waals surface area contributed by atoms with Gasteiger partial charge in [-0.3, -0.25) is 4.90 Å². The zero-order chi connectivity index (χ0) is 17.3. The summed E-state index contributed by atoms with van der Waals surface area (Å²) < 4.78 is 5.45. The van der Waals surface area contributed by atoms with E-state index >= 15 is 0 Å². The minimum atomic E-state index is -0.795. The minimum Gasteiger partial charge on any atom is -0.385 e. The number of piperidine rings is 1. The summed E-state index contributed by atoms with van der Waals surface area (Å²) in [5.41, 5.74) is 3.04. The molecule has 1 aliphatic carbocycles. The number of nitrogens with zero attached hydrogens (tertiary/aromatic N) is 1. The van der Waals surface area contributed by atoms with Crippen LogP contribution in [0, 0.1) is 5.92 Å². The van der Waals surface area contributed by atoms with E-state index in [0.717, 1.165) is 24.6 Å². The van der Waals surface area contributed by atoms with Crippen LogP contribution in [0.2, 0.25) is 0 Å². The van der Waals surface area contributed by atoms with Crippen LogP contribution in [0.15, 0.2) is 29.8 Å². The van der Waals surface area contributed by atoms with Gasteiger partial charge in [-0.25, -0.2) is 0 Å². The lowest BCUT2D eigenvalue weighted by Gasteiger charge is -2.40. The Morgan fingerprint density at radius 2 is 1.84 bits per heavy atom. The Balaban J connectivity index is 1.38. The van der Waals surface area contributed by atoms with Crippen molar-refractivity contribution >= 4 is 6.08 Å². The van der Waals surface area contributed by atoms with Crippen LogP contribution in [-0.4, -0.2) is 42.4 Å². The summed E-state index contributed by atoms with van der Waals surface area (Å²) in [4.78, 5) is 2.69. The van der Waals surface area contributed by atoms with Crippen LogP contribution < -0.4 is 0 Å². The van der Waals surface area contributed by atoms with Crippen molar-refractivity contribution in [2.75, 3.05) is 26.3 Å². The molecule has 4 rings (SSSR count). The molecule has 3 nitrogen and oxygen atoms in total. The highest BCUT2D eigenvalue weighted by Crippen LogP contribution is 2.35. The Morgan fingerprint density at radius 1 is 1.12 bits per heavy atom. The fourth-order valence-electron chi connectivity index (χ4n) is 4.44. The summed E-state index contributed by atoms with van der Waals surface area (Å²) in [5.74, 6) is 0.201. The number of likely N-dealkylation sites (tertiary alicyclic amines) is 1. The SMILES string of the molecule is CC(O)(c1ccc(C=C2CCN(C3CCC3)CC2)cc1)C1CCOC1. The Morgan fingerprint density at radius 3 is 2.40 bits per heavy atom. The van der Waals surface area contributed by atoms with Gasteiger partial charge in [0.25, 0.3) is 0 Å². The first-order chi connectivity index (χ1) is 12.1. The first-order valence-electron chi connectivity index (χ1n) is 9.97. The van der Waals surface area contributed by atoms with E-state index in [2.05, 4.69) is 35.2 Å². The number of hydrogen-bond donors (Lipinski definition) is 1. The van der Waals surface area contributed by atoms with Gasteiger partial charge in [-0.15, -0.1) is 0 Å². The van der Waals surface area contributed by atoms with Gasteiger partial charge in [-0.2, -0.15) is 0 Å². The molecule has 3 aliphatic rings. The smallest absolute Gasteiger partial charge is 0.0919 e. The highest BCUT2D eigenvalue weighted by atomic mass is 16.5. The van der Waals surface area contributed by atoms with Crippen molar-refractivity contribution in [3.8, 4) is 0 Å². The molecular formula is C22H31NO2. The van der Waals surface area contributed by atoms with Gasteiger partial charge in [-0.1, -0.05) is 42.3 Å². The Bertz CT molecular complexity index is 599. The zero-order valence-electron chi connectivity index (χ0n) is 15.4. The van der Waals surface area contributed by atoms with Crippen LogP contribution in [0.5, 0.6) is 0 Å². The van der Waals surface area contributed by atoms with Gasteiger partial charge in [-0.05, 0) is 50.2 Å². The Hall–Kier alpha value is -1.16. The first-order valence-corrected chi connectivity index (χ1v) is 9.97. The van der Waals surface area contributed by atoms with E-state index in [1.807, 2.05) is 6.92 Å². The van der Waals surface area contributed by atoms with Crippen LogP contribution in [0.25, 0.3) is 6.08 Å². The van der Waals surface area contributed by atoms with Crippen LogP contribution in [0.1, 0.15) is 56.6 Å². The van der Waals surface area contributed by atoms with Crippen molar-refractivity contribution in [3.63, 3.8) is 0 Å². The maximum Gasteiger partial charge on any atom is 0.0919 e. The molecule has 2 unspecified atom stereocenters. The van der Waals surface area contributed by atoms with Crippen molar-refractivity contribution in [1.29, 1.82) is 0 Å². The molecule has 0 radical (unpaired) electrons.